The van der Waals surface area contributed by atoms with E-state index in [-0.39, 0.29) is 50.0 Å². The summed E-state index contributed by atoms with van der Waals surface area (Å²) < 4.78 is 5.56. The molecule has 1 fully saturated rings. The van der Waals surface area contributed by atoms with Crippen molar-refractivity contribution in [2.45, 2.75) is 82.1 Å². The lowest BCUT2D eigenvalue weighted by atomic mass is 9.98. The number of benzene rings is 3. The fourth-order valence-corrected chi connectivity index (χ4v) is 7.91. The number of hydrogen-bond donors (Lipinski definition) is 7. The van der Waals surface area contributed by atoms with E-state index in [0.29, 0.717) is 18.4 Å². The van der Waals surface area contributed by atoms with Crippen molar-refractivity contribution in [2.75, 3.05) is 19.7 Å². The molecule has 0 spiro atoms. The first-order valence-electron chi connectivity index (χ1n) is 20.1. The molecule has 3 aromatic carbocycles. The summed E-state index contributed by atoms with van der Waals surface area (Å²) in [6.45, 7) is 3.17. The van der Waals surface area contributed by atoms with E-state index in [2.05, 4.69) is 26.6 Å². The van der Waals surface area contributed by atoms with Gasteiger partial charge in [0.2, 0.25) is 35.4 Å². The van der Waals surface area contributed by atoms with E-state index < -0.39 is 78.3 Å². The number of primary amides is 1. The Hall–Kier alpha value is -6.71. The van der Waals surface area contributed by atoms with E-state index in [1.807, 2.05) is 48.5 Å². The van der Waals surface area contributed by atoms with Crippen LogP contribution in [-0.2, 0) is 39.9 Å². The van der Waals surface area contributed by atoms with Gasteiger partial charge >= 0.3 is 6.09 Å². The number of aromatic hydroxyl groups is 1. The van der Waals surface area contributed by atoms with Crippen molar-refractivity contribution in [3.05, 3.63) is 102 Å². The number of nitrogens with one attached hydrogen (secondary N) is 5. The molecule has 3 aliphatic rings. The van der Waals surface area contributed by atoms with Crippen molar-refractivity contribution in [1.29, 1.82) is 0 Å². The van der Waals surface area contributed by atoms with Gasteiger partial charge < -0.3 is 47.1 Å². The van der Waals surface area contributed by atoms with Gasteiger partial charge in [-0.15, -0.1) is 0 Å². The molecule has 3 aromatic rings. The third-order valence-electron chi connectivity index (χ3n) is 11.0. The molecule has 0 bridgehead atoms. The largest absolute Gasteiger partial charge is 0.508 e. The van der Waals surface area contributed by atoms with Crippen molar-refractivity contribution in [3.8, 4) is 16.9 Å². The lowest BCUT2D eigenvalue weighted by Crippen LogP contribution is -2.59. The maximum Gasteiger partial charge on any atom is 0.407 e. The van der Waals surface area contributed by atoms with E-state index in [1.165, 1.54) is 17.0 Å². The van der Waals surface area contributed by atoms with Crippen LogP contribution in [0.25, 0.3) is 11.1 Å². The molecule has 2 aliphatic heterocycles. The van der Waals surface area contributed by atoms with Crippen LogP contribution < -0.4 is 32.3 Å². The number of phenols is 1. The van der Waals surface area contributed by atoms with E-state index in [4.69, 9.17) is 10.5 Å². The summed E-state index contributed by atoms with van der Waals surface area (Å²) in [5, 5.41) is 23.1. The van der Waals surface area contributed by atoms with Gasteiger partial charge in [-0.25, -0.2) is 4.79 Å². The van der Waals surface area contributed by atoms with Crippen molar-refractivity contribution >= 4 is 41.5 Å². The Morgan fingerprint density at radius 3 is 2.18 bits per heavy atom. The number of carbonyl (C=O) groups is 7. The van der Waals surface area contributed by atoms with Crippen LogP contribution >= 0.6 is 0 Å². The Morgan fingerprint density at radius 1 is 0.883 bits per heavy atom. The first-order valence-corrected chi connectivity index (χ1v) is 20.1. The summed E-state index contributed by atoms with van der Waals surface area (Å²) in [5.74, 6) is -4.51. The zero-order valence-corrected chi connectivity index (χ0v) is 33.5. The summed E-state index contributed by atoms with van der Waals surface area (Å²) in [7, 11) is 0. The molecule has 7 amide bonds. The molecule has 0 saturated carbocycles. The third kappa shape index (κ3) is 10.3. The molecule has 1 unspecified atom stereocenters. The summed E-state index contributed by atoms with van der Waals surface area (Å²) >= 11 is 0. The van der Waals surface area contributed by atoms with Gasteiger partial charge in [0.05, 0.1) is 0 Å². The van der Waals surface area contributed by atoms with Gasteiger partial charge in [0.25, 0.3) is 0 Å². The predicted octanol–water partition coefficient (Wildman–Crippen LogP) is 1.89. The second kappa shape index (κ2) is 19.4. The lowest BCUT2D eigenvalue weighted by molar-refractivity contribution is -0.142. The molecule has 16 nitrogen and oxygen atoms in total. The van der Waals surface area contributed by atoms with E-state index >= 15 is 0 Å². The van der Waals surface area contributed by atoms with Crippen LogP contribution in [0.2, 0.25) is 0 Å². The normalized spacial score (nSPS) is 21.6. The van der Waals surface area contributed by atoms with Gasteiger partial charge in [-0.05, 0) is 71.6 Å². The molecule has 1 aliphatic carbocycles. The Balaban J connectivity index is 1.16. The molecule has 8 N–H and O–H groups in total. The smallest absolute Gasteiger partial charge is 0.407 e. The zero-order valence-electron chi connectivity index (χ0n) is 33.5. The van der Waals surface area contributed by atoms with Crippen molar-refractivity contribution in [2.24, 2.45) is 11.7 Å². The summed E-state index contributed by atoms with van der Waals surface area (Å²) in [4.78, 5) is 95.2. The number of amides is 7. The highest BCUT2D eigenvalue weighted by Gasteiger charge is 2.39. The van der Waals surface area contributed by atoms with Crippen LogP contribution in [0.15, 0.2) is 84.9 Å². The van der Waals surface area contributed by atoms with E-state index in [1.54, 1.807) is 38.1 Å². The van der Waals surface area contributed by atoms with Gasteiger partial charge in [-0.2, -0.15) is 0 Å². The highest BCUT2D eigenvalue weighted by Crippen LogP contribution is 2.44. The Labute approximate surface area is 347 Å². The van der Waals surface area contributed by atoms with Crippen LogP contribution in [0.1, 0.15) is 62.1 Å². The molecule has 5 atom stereocenters. The molecule has 16 heteroatoms. The minimum absolute atomic E-state index is 0.00527. The Bertz CT molecular complexity index is 2090. The molecule has 1 saturated heterocycles. The highest BCUT2D eigenvalue weighted by atomic mass is 16.5. The number of carbonyl (C=O) groups excluding carboxylic acids is 7. The van der Waals surface area contributed by atoms with Crippen LogP contribution in [0, 0.1) is 5.92 Å². The fraction of sp³-hybridized carbons (Fsp3) is 0.386. The predicted molar refractivity (Wildman–Crippen MR) is 220 cm³/mol. The molecular weight excluding hydrogens is 771 g/mol. The number of ether oxygens (including phenoxy) is 1. The molecule has 6 rings (SSSR count). The number of nitrogens with zero attached hydrogens (tertiary/aromatic N) is 1. The van der Waals surface area contributed by atoms with Crippen LogP contribution in [0.5, 0.6) is 5.75 Å². The minimum atomic E-state index is -1.23. The summed E-state index contributed by atoms with van der Waals surface area (Å²) in [5.41, 5.74) is 10.4. The van der Waals surface area contributed by atoms with Gasteiger partial charge in [0.15, 0.2) is 0 Å². The number of fused-ring (bicyclic) bond motifs is 4. The van der Waals surface area contributed by atoms with Crippen molar-refractivity contribution in [1.82, 2.24) is 31.5 Å². The molecule has 316 valence electrons. The first kappa shape index (κ1) is 42.9. The third-order valence-corrected chi connectivity index (χ3v) is 11.0. The van der Waals surface area contributed by atoms with Gasteiger partial charge in [-0.3, -0.25) is 28.8 Å². The van der Waals surface area contributed by atoms with Crippen LogP contribution in [0.3, 0.4) is 0 Å². The van der Waals surface area contributed by atoms with E-state index in [0.717, 1.165) is 22.3 Å². The summed E-state index contributed by atoms with van der Waals surface area (Å²) in [6, 6.07) is 16.2. The fourth-order valence-electron chi connectivity index (χ4n) is 7.91. The highest BCUT2D eigenvalue weighted by molar-refractivity contribution is 5.97. The van der Waals surface area contributed by atoms with Gasteiger partial charge in [-0.1, -0.05) is 86.7 Å². The SMILES string of the molecule is CC(C)[C@H](NC(=O)[C@@H]1C/C=C/C[C@H](NC(=O)CNC(=O)OCC2c3ccccc3-c3ccccc32)C(=O)N2CCCC2C(=O)N[C@@H](Cc2ccc(O)cc2)C(=O)N1)C(N)=O. The van der Waals surface area contributed by atoms with Gasteiger partial charge in [0.1, 0.15) is 49.1 Å². The van der Waals surface area contributed by atoms with E-state index in [9.17, 15) is 38.7 Å². The van der Waals surface area contributed by atoms with Gasteiger partial charge in [0, 0.05) is 18.9 Å². The molecule has 60 heavy (non-hydrogen) atoms. The number of rotatable bonds is 11. The zero-order chi connectivity index (χ0) is 42.9. The number of nitrogens with two attached hydrogens (primary N) is 1. The van der Waals surface area contributed by atoms with Crippen molar-refractivity contribution in [3.63, 3.8) is 0 Å². The topological polar surface area (TPSA) is 238 Å². The molecule has 0 radical (unpaired) electrons. The monoisotopic (exact) mass is 821 g/mol. The number of alkyl carbamates (subject to hydrolysis) is 1. The first-order chi connectivity index (χ1) is 28.8. The molecule has 2 heterocycles. The van der Waals surface area contributed by atoms with Crippen LogP contribution in [0.4, 0.5) is 4.79 Å². The minimum Gasteiger partial charge on any atom is -0.508 e. The second-order valence-corrected chi connectivity index (χ2v) is 15.6. The summed E-state index contributed by atoms with van der Waals surface area (Å²) in [6.07, 6.45) is 2.94. The maximum absolute atomic E-state index is 14.1. The number of hydrogen-bond acceptors (Lipinski definition) is 9. The average Bonchev–Trinajstić information content (AvgIpc) is 3.85. The van der Waals surface area contributed by atoms with Crippen molar-refractivity contribution < 1.29 is 43.4 Å². The molecular formula is C44H51N7O9. The van der Waals surface area contributed by atoms with Crippen LogP contribution in [-0.4, -0.2) is 101 Å². The average molecular weight is 822 g/mol. The number of phenolic OH excluding ortho intramolecular Hbond substituents is 1. The second-order valence-electron chi connectivity index (χ2n) is 15.6. The Morgan fingerprint density at radius 2 is 1.53 bits per heavy atom. The molecule has 0 aromatic heterocycles. The maximum atomic E-state index is 14.1. The standard InChI is InChI=1S/C44H51N7O9/c1-25(2)38(39(45)54)50-40(55)33-14-7-8-15-34(43(58)51-21-9-16-36(51)42(57)49-35(41(56)48-33)22-26-17-19-27(52)20-18-26)47-37(53)23-46-44(59)60-24-32-30-12-5-3-10-28(30)29-11-4-6-13-31(29)32/h3-8,10-13,17-20,25,32-36,38,52H,9,14-16,21-24H2,1-2H3,(H2,45,54)(H,46,59)(H,47,53)(H,48,56)(H,49,57)(H,50,55)/b8-7+/t33-,34-,35-,36?,38-/m0/s1. The lowest BCUT2D eigenvalue weighted by Gasteiger charge is -2.30. The Kier molecular flexibility index (Phi) is 13.8. The quantitative estimate of drug-likeness (QED) is 0.140.